The molecule has 19 aromatic rings. The predicted octanol–water partition coefficient (Wildman–Crippen LogP) is 26.8. The van der Waals surface area contributed by atoms with E-state index < -0.39 is 0 Å². The number of fused-ring (bicyclic) bond motifs is 13. The number of aromatic nitrogens is 2. The highest BCUT2D eigenvalue weighted by Gasteiger charge is 2.46. The summed E-state index contributed by atoms with van der Waals surface area (Å²) in [6.07, 6.45) is 0. The smallest absolute Gasteiger partial charge is 0.252 e. The van der Waals surface area contributed by atoms with Crippen LogP contribution in [-0.2, 0) is 10.8 Å². The van der Waals surface area contributed by atoms with Gasteiger partial charge in [-0.2, -0.15) is 5.26 Å². The SMILES string of the molecule is CC(C)(C)c1ccc(N2c3cc(-c4c(-c5cccc6sc7ccccc7c56)cccc4-n4c5ccccc5c5ccccc54)ccc3B3c4cc(-c5ccccc5)ccc4N(c4ccc(-c5ccccc5)cc4-c4ccccc4)c4cc(-n5c6ccc(C#N)cc6c6cc(C(C)(C)C)ccc65)cc2c43)c(-c2ccccc2)c1. The molecule has 5 heterocycles. The van der Waals surface area contributed by atoms with Crippen molar-refractivity contribution in [3.63, 3.8) is 0 Å². The van der Waals surface area contributed by atoms with E-state index in [0.717, 1.165) is 140 Å². The normalized spacial score (nSPS) is 12.7. The minimum Gasteiger partial charge on any atom is -0.311 e. The Morgan fingerprint density at radius 3 is 1.43 bits per heavy atom. The number of benzene rings is 16. The molecule has 0 aliphatic carbocycles. The van der Waals surface area contributed by atoms with Crippen LogP contribution in [0, 0.1) is 11.3 Å². The maximum atomic E-state index is 10.8. The maximum absolute atomic E-state index is 10.8. The molecule has 5 nitrogen and oxygen atoms in total. The summed E-state index contributed by atoms with van der Waals surface area (Å²) in [6.45, 7) is 13.5. The van der Waals surface area contributed by atoms with Crippen LogP contribution in [0.25, 0.3) is 142 Å². The second-order valence-electron chi connectivity index (χ2n) is 32.2. The molecule has 0 amide bonds. The maximum Gasteiger partial charge on any atom is 0.252 e. The molecule has 0 N–H and O–H groups in total. The van der Waals surface area contributed by atoms with E-state index in [4.69, 9.17) is 0 Å². The molecule has 0 fully saturated rings. The first-order valence-corrected chi connectivity index (χ1v) is 39.7. The van der Waals surface area contributed by atoms with Crippen molar-refractivity contribution in [1.29, 1.82) is 5.26 Å². The highest BCUT2D eigenvalue weighted by Crippen LogP contribution is 2.54. The topological polar surface area (TPSA) is 40.1 Å². The van der Waals surface area contributed by atoms with Crippen molar-refractivity contribution < 1.29 is 0 Å². The Balaban J connectivity index is 0.937. The Labute approximate surface area is 657 Å². The quantitative estimate of drug-likeness (QED) is 0.128. The molecule has 0 unspecified atom stereocenters. The first kappa shape index (κ1) is 66.7. The molecule has 2 aliphatic rings. The lowest BCUT2D eigenvalue weighted by molar-refractivity contribution is 0.590. The first-order chi connectivity index (χ1) is 54.8. The summed E-state index contributed by atoms with van der Waals surface area (Å²) in [5.41, 5.74) is 32.8. The van der Waals surface area contributed by atoms with Crippen LogP contribution in [0.3, 0.4) is 0 Å². The number of rotatable bonds is 10. The fraction of sp³-hybridized carbons (Fsp3) is 0.0762. The van der Waals surface area contributed by atoms with Gasteiger partial charge in [0.2, 0.25) is 0 Å². The Kier molecular flexibility index (Phi) is 15.4. The molecule has 0 spiro atoms. The van der Waals surface area contributed by atoms with Crippen molar-refractivity contribution in [1.82, 2.24) is 9.13 Å². The van der Waals surface area contributed by atoms with Crippen LogP contribution >= 0.6 is 11.3 Å². The average Bonchev–Trinajstić information content (AvgIpc) is 0.874. The lowest BCUT2D eigenvalue weighted by Gasteiger charge is -2.45. The molecule has 0 saturated carbocycles. The Morgan fingerprint density at radius 1 is 0.295 bits per heavy atom. The summed E-state index contributed by atoms with van der Waals surface area (Å²) in [4.78, 5) is 5.28. The van der Waals surface area contributed by atoms with Crippen molar-refractivity contribution in [3.8, 4) is 84.2 Å². The number of para-hydroxylation sites is 2. The summed E-state index contributed by atoms with van der Waals surface area (Å²) in [7, 11) is 0. The summed E-state index contributed by atoms with van der Waals surface area (Å²) in [5.74, 6) is 0. The van der Waals surface area contributed by atoms with Crippen LogP contribution < -0.4 is 26.2 Å². The molecule has 0 saturated heterocycles. The fourth-order valence-corrected chi connectivity index (χ4v) is 19.4. The first-order valence-electron chi connectivity index (χ1n) is 38.9. The number of hydrogen-bond acceptors (Lipinski definition) is 4. The minimum absolute atomic E-state index is 0.149. The van der Waals surface area contributed by atoms with E-state index >= 15 is 0 Å². The van der Waals surface area contributed by atoms with E-state index in [-0.39, 0.29) is 17.5 Å². The van der Waals surface area contributed by atoms with Crippen LogP contribution in [-0.4, -0.2) is 15.8 Å². The van der Waals surface area contributed by atoms with Gasteiger partial charge < -0.3 is 18.9 Å². The minimum atomic E-state index is -0.310. The molecular formula is C105H76BN5S. The number of hydrogen-bond donors (Lipinski definition) is 0. The second-order valence-corrected chi connectivity index (χ2v) is 33.3. The molecule has 530 valence electrons. The molecule has 0 bridgehead atoms. The van der Waals surface area contributed by atoms with E-state index in [1.165, 1.54) is 64.0 Å². The van der Waals surface area contributed by atoms with Gasteiger partial charge in [-0.1, -0.05) is 284 Å². The van der Waals surface area contributed by atoms with Gasteiger partial charge in [-0.25, -0.2) is 0 Å². The summed E-state index contributed by atoms with van der Waals surface area (Å²) < 4.78 is 7.54. The van der Waals surface area contributed by atoms with Gasteiger partial charge in [0.25, 0.3) is 6.71 Å². The molecule has 16 aromatic carbocycles. The summed E-state index contributed by atoms with van der Waals surface area (Å²) in [6, 6.07) is 135. The van der Waals surface area contributed by atoms with Crippen molar-refractivity contribution in [2.24, 2.45) is 0 Å². The number of nitrogens with zero attached hydrogens (tertiary/aromatic N) is 5. The Morgan fingerprint density at radius 2 is 0.786 bits per heavy atom. The van der Waals surface area contributed by atoms with Gasteiger partial charge in [0.1, 0.15) is 0 Å². The predicted molar refractivity (Wildman–Crippen MR) is 477 cm³/mol. The molecular weight excluding hydrogens is 1370 g/mol. The Bertz CT molecular complexity index is 7050. The molecule has 7 heteroatoms. The molecule has 0 atom stereocenters. The number of nitriles is 1. The molecule has 112 heavy (non-hydrogen) atoms. The molecule has 21 rings (SSSR count). The van der Waals surface area contributed by atoms with E-state index in [0.29, 0.717) is 5.56 Å². The number of anilines is 6. The van der Waals surface area contributed by atoms with Crippen LogP contribution in [0.5, 0.6) is 0 Å². The largest absolute Gasteiger partial charge is 0.311 e. The average molecular weight is 1450 g/mol. The molecule has 2 aliphatic heterocycles. The van der Waals surface area contributed by atoms with E-state index in [9.17, 15) is 5.26 Å². The Hall–Kier alpha value is -13.5. The monoisotopic (exact) mass is 1450 g/mol. The third-order valence-corrected chi connectivity index (χ3v) is 24.8. The number of thiophene rings is 1. The van der Waals surface area contributed by atoms with Crippen molar-refractivity contribution in [2.75, 3.05) is 9.80 Å². The highest BCUT2D eigenvalue weighted by molar-refractivity contribution is 7.26. The van der Waals surface area contributed by atoms with E-state index in [1.54, 1.807) is 0 Å². The van der Waals surface area contributed by atoms with Crippen LogP contribution in [0.1, 0.15) is 58.2 Å². The zero-order valence-electron chi connectivity index (χ0n) is 63.2. The summed E-state index contributed by atoms with van der Waals surface area (Å²) in [5, 5.41) is 17.9. The van der Waals surface area contributed by atoms with Gasteiger partial charge in [0, 0.05) is 81.2 Å². The van der Waals surface area contributed by atoms with Gasteiger partial charge in [0.15, 0.2) is 0 Å². The lowest BCUT2D eigenvalue weighted by Crippen LogP contribution is -2.61. The van der Waals surface area contributed by atoms with Gasteiger partial charge in [0.05, 0.1) is 56.4 Å². The lowest BCUT2D eigenvalue weighted by atomic mass is 9.33. The molecule has 3 aromatic heterocycles. The highest BCUT2D eigenvalue weighted by atomic mass is 32.1. The molecule has 0 radical (unpaired) electrons. The van der Waals surface area contributed by atoms with Crippen LogP contribution in [0.4, 0.5) is 34.1 Å². The standard InChI is InChI=1S/C105H76BN5S/c1-104(2,3)74-49-55-91(83(61-74)70-33-17-10-18-34-70)111-96-60-73(101-79(80-39-26-44-100-102(80)81-37-21-24-43-99(81)112-100)38-25-42-95(101)109-88-40-22-19-35-77(88)78-36-20-23-41-89(78)109)46-51-86(96)106-87-59-72(68-29-13-8-14-30-68)48-54-94(87)110(90-53-47-71(67-27-11-7-12-28-67)58-82(90)69-31-15-9-16-32-69)97-63-76(64-98(111)103(97)106)108-92-52-45-66(65-107)57-84(92)85-62-75(105(4,5)6)50-56-93(85)108/h7-64H,1-6H3. The third-order valence-electron chi connectivity index (χ3n) is 23.6. The zero-order chi connectivity index (χ0) is 75.3. The van der Waals surface area contributed by atoms with Crippen molar-refractivity contribution in [3.05, 3.63) is 369 Å². The van der Waals surface area contributed by atoms with Crippen molar-refractivity contribution in [2.45, 2.75) is 52.4 Å². The third kappa shape index (κ3) is 10.6. The van der Waals surface area contributed by atoms with E-state index in [1.807, 2.05) is 17.4 Å². The van der Waals surface area contributed by atoms with Gasteiger partial charge >= 0.3 is 0 Å². The second kappa shape index (κ2) is 25.8. The van der Waals surface area contributed by atoms with Crippen LogP contribution in [0.2, 0.25) is 0 Å². The van der Waals surface area contributed by atoms with Gasteiger partial charge in [-0.15, -0.1) is 11.3 Å². The van der Waals surface area contributed by atoms with Gasteiger partial charge in [-0.05, 0) is 198 Å². The van der Waals surface area contributed by atoms with E-state index in [2.05, 4.69) is 412 Å². The van der Waals surface area contributed by atoms with Gasteiger partial charge in [-0.3, -0.25) is 0 Å². The van der Waals surface area contributed by atoms with Crippen LogP contribution in [0.15, 0.2) is 352 Å². The summed E-state index contributed by atoms with van der Waals surface area (Å²) >= 11 is 1.86. The van der Waals surface area contributed by atoms with Crippen molar-refractivity contribution >= 4 is 132 Å². The zero-order valence-corrected chi connectivity index (χ0v) is 64.0. The fourth-order valence-electron chi connectivity index (χ4n) is 18.3.